The Hall–Kier alpha value is -1.49. The Labute approximate surface area is 94.4 Å². The molecule has 0 unspecified atom stereocenters. The Bertz CT molecular complexity index is 413. The molecule has 1 aromatic rings. The lowest BCUT2D eigenvalue weighted by atomic mass is 10.1. The molecule has 6 heteroatoms. The van der Waals surface area contributed by atoms with Crippen molar-refractivity contribution in [2.24, 2.45) is 0 Å². The Morgan fingerprint density at radius 3 is 2.50 bits per heavy atom. The molecule has 0 saturated heterocycles. The van der Waals surface area contributed by atoms with Crippen LogP contribution in [0.15, 0.2) is 30.3 Å². The van der Waals surface area contributed by atoms with Crippen LogP contribution in [-0.2, 0) is 15.3 Å². The second-order valence-electron chi connectivity index (χ2n) is 2.81. The van der Waals surface area contributed by atoms with Gasteiger partial charge in [-0.2, -0.15) is 13.2 Å². The lowest BCUT2D eigenvalue weighted by molar-refractivity contribution is -0.137. The highest BCUT2D eigenvalue weighted by atomic mass is 35.5. The summed E-state index contributed by atoms with van der Waals surface area (Å²) >= 11 is 4.72. The molecule has 0 aliphatic carbocycles. The smallest absolute Gasteiger partial charge is 0.344 e. The molecule has 1 aromatic carbocycles. The monoisotopic (exact) mass is 250 g/mol. The van der Waals surface area contributed by atoms with Gasteiger partial charge in [-0.15, -0.1) is 0 Å². The lowest BCUT2D eigenvalue weighted by Crippen LogP contribution is -2.07. The zero-order valence-electron chi connectivity index (χ0n) is 7.79. The maximum Gasteiger partial charge on any atom is 0.416 e. The number of halogens is 4. The molecular weight excluding hydrogens is 245 g/mol. The SMILES string of the molecule is O=C(/C=C/c1ccccc1C(F)(F)F)OCl. The van der Waals surface area contributed by atoms with Crippen LogP contribution < -0.4 is 0 Å². The predicted molar refractivity (Wildman–Crippen MR) is 52.4 cm³/mol. The minimum atomic E-state index is -4.47. The van der Waals surface area contributed by atoms with Crippen LogP contribution in [0.4, 0.5) is 13.2 Å². The molecule has 2 nitrogen and oxygen atoms in total. The molecule has 0 amide bonds. The van der Waals surface area contributed by atoms with Gasteiger partial charge in [-0.05, 0) is 17.7 Å². The van der Waals surface area contributed by atoms with E-state index in [1.54, 1.807) is 0 Å². The fourth-order valence-electron chi connectivity index (χ4n) is 1.08. The van der Waals surface area contributed by atoms with Gasteiger partial charge in [0.25, 0.3) is 0 Å². The fraction of sp³-hybridized carbons (Fsp3) is 0.100. The van der Waals surface area contributed by atoms with E-state index in [1.807, 2.05) is 0 Å². The van der Waals surface area contributed by atoms with Crippen molar-refractivity contribution in [3.05, 3.63) is 41.5 Å². The number of carbonyl (C=O) groups excluding carboxylic acids is 1. The van der Waals surface area contributed by atoms with Gasteiger partial charge in [-0.1, -0.05) is 18.2 Å². The molecule has 0 atom stereocenters. The van der Waals surface area contributed by atoms with Crippen LogP contribution in [0.25, 0.3) is 6.08 Å². The molecule has 0 aliphatic rings. The van der Waals surface area contributed by atoms with Crippen LogP contribution in [0.1, 0.15) is 11.1 Å². The van der Waals surface area contributed by atoms with E-state index in [4.69, 9.17) is 11.9 Å². The summed E-state index contributed by atoms with van der Waals surface area (Å²) in [6.07, 6.45) is -2.66. The van der Waals surface area contributed by atoms with E-state index in [0.717, 1.165) is 18.2 Å². The number of benzene rings is 1. The topological polar surface area (TPSA) is 26.3 Å². The predicted octanol–water partition coefficient (Wildman–Crippen LogP) is 3.42. The van der Waals surface area contributed by atoms with Gasteiger partial charge < -0.3 is 4.29 Å². The molecule has 0 radical (unpaired) electrons. The van der Waals surface area contributed by atoms with Crippen molar-refractivity contribution < 1.29 is 22.3 Å². The first-order valence-electron chi connectivity index (χ1n) is 4.12. The molecule has 0 saturated carbocycles. The van der Waals surface area contributed by atoms with Gasteiger partial charge in [0.2, 0.25) is 0 Å². The third kappa shape index (κ3) is 3.27. The molecule has 0 heterocycles. The Morgan fingerprint density at radius 2 is 1.94 bits per heavy atom. The first-order chi connectivity index (χ1) is 7.45. The van der Waals surface area contributed by atoms with Crippen molar-refractivity contribution in [2.45, 2.75) is 6.18 Å². The van der Waals surface area contributed by atoms with E-state index >= 15 is 0 Å². The maximum absolute atomic E-state index is 12.5. The van der Waals surface area contributed by atoms with Crippen molar-refractivity contribution >= 4 is 23.9 Å². The molecule has 0 aliphatic heterocycles. The zero-order chi connectivity index (χ0) is 12.2. The molecule has 0 N–H and O–H groups in total. The van der Waals surface area contributed by atoms with E-state index < -0.39 is 17.7 Å². The van der Waals surface area contributed by atoms with Gasteiger partial charge >= 0.3 is 12.1 Å². The van der Waals surface area contributed by atoms with E-state index in [1.165, 1.54) is 18.2 Å². The van der Waals surface area contributed by atoms with Crippen LogP contribution in [0.2, 0.25) is 0 Å². The minimum absolute atomic E-state index is 0.128. The van der Waals surface area contributed by atoms with Gasteiger partial charge in [-0.25, -0.2) is 4.79 Å². The summed E-state index contributed by atoms with van der Waals surface area (Å²) in [6.45, 7) is 0. The van der Waals surface area contributed by atoms with Crippen molar-refractivity contribution in [2.75, 3.05) is 0 Å². The summed E-state index contributed by atoms with van der Waals surface area (Å²) in [5, 5.41) is 0. The quantitative estimate of drug-likeness (QED) is 0.752. The number of rotatable bonds is 2. The first kappa shape index (κ1) is 12.6. The third-order valence-corrected chi connectivity index (χ3v) is 1.89. The number of hydrogen-bond donors (Lipinski definition) is 0. The number of carbonyl (C=O) groups is 1. The van der Waals surface area contributed by atoms with E-state index in [0.29, 0.717) is 0 Å². The van der Waals surface area contributed by atoms with Gasteiger partial charge in [-0.3, -0.25) is 0 Å². The normalized spacial score (nSPS) is 11.8. The second kappa shape index (κ2) is 5.03. The molecular formula is C10H6ClF3O2. The van der Waals surface area contributed by atoms with Crippen LogP contribution in [-0.4, -0.2) is 5.97 Å². The standard InChI is InChI=1S/C10H6ClF3O2/c11-16-9(15)6-5-7-3-1-2-4-8(7)10(12,13)14/h1-6H/b6-5+. The molecule has 0 spiro atoms. The van der Waals surface area contributed by atoms with Crippen molar-refractivity contribution in [3.8, 4) is 0 Å². The molecule has 0 fully saturated rings. The second-order valence-corrected chi connectivity index (χ2v) is 2.97. The lowest BCUT2D eigenvalue weighted by Gasteiger charge is -2.09. The molecule has 1 rings (SSSR count). The third-order valence-electron chi connectivity index (χ3n) is 1.74. The maximum atomic E-state index is 12.5. The zero-order valence-corrected chi connectivity index (χ0v) is 8.55. The molecule has 0 aromatic heterocycles. The van der Waals surface area contributed by atoms with Gasteiger partial charge in [0.15, 0.2) is 0 Å². The van der Waals surface area contributed by atoms with Crippen molar-refractivity contribution in [1.82, 2.24) is 0 Å². The average molecular weight is 251 g/mol. The molecule has 0 bridgehead atoms. The van der Waals surface area contributed by atoms with Crippen LogP contribution in [0, 0.1) is 0 Å². The largest absolute Gasteiger partial charge is 0.416 e. The summed E-state index contributed by atoms with van der Waals surface area (Å²) in [5.41, 5.74) is -0.953. The highest BCUT2D eigenvalue weighted by Gasteiger charge is 2.32. The summed E-state index contributed by atoms with van der Waals surface area (Å²) < 4.78 is 41.2. The number of alkyl halides is 3. The molecule has 16 heavy (non-hydrogen) atoms. The van der Waals surface area contributed by atoms with Crippen LogP contribution in [0.3, 0.4) is 0 Å². The highest BCUT2D eigenvalue weighted by Crippen LogP contribution is 2.32. The van der Waals surface area contributed by atoms with Gasteiger partial charge in [0, 0.05) is 6.08 Å². The van der Waals surface area contributed by atoms with E-state index in [9.17, 15) is 18.0 Å². The van der Waals surface area contributed by atoms with Crippen LogP contribution in [0.5, 0.6) is 0 Å². The summed E-state index contributed by atoms with van der Waals surface area (Å²) in [5.74, 6) is -0.932. The van der Waals surface area contributed by atoms with Crippen molar-refractivity contribution in [3.63, 3.8) is 0 Å². The fourth-order valence-corrected chi connectivity index (χ4v) is 1.14. The summed E-state index contributed by atoms with van der Waals surface area (Å²) in [7, 11) is 0. The number of hydrogen-bond acceptors (Lipinski definition) is 2. The van der Waals surface area contributed by atoms with Gasteiger partial charge in [0.1, 0.15) is 11.9 Å². The van der Waals surface area contributed by atoms with E-state index in [2.05, 4.69) is 4.29 Å². The minimum Gasteiger partial charge on any atom is -0.344 e. The van der Waals surface area contributed by atoms with Gasteiger partial charge in [0.05, 0.1) is 5.56 Å². The Morgan fingerprint density at radius 1 is 1.31 bits per heavy atom. The summed E-state index contributed by atoms with van der Waals surface area (Å²) in [4.78, 5) is 10.6. The Kier molecular flexibility index (Phi) is 3.95. The van der Waals surface area contributed by atoms with Crippen molar-refractivity contribution in [1.29, 1.82) is 0 Å². The average Bonchev–Trinajstić information content (AvgIpc) is 2.25. The van der Waals surface area contributed by atoms with E-state index in [-0.39, 0.29) is 5.56 Å². The highest BCUT2D eigenvalue weighted by molar-refractivity contribution is 6.15. The molecule has 86 valence electrons. The Balaban J connectivity index is 3.05. The first-order valence-corrected chi connectivity index (χ1v) is 4.43. The van der Waals surface area contributed by atoms with Crippen LogP contribution >= 0.6 is 11.9 Å². The summed E-state index contributed by atoms with van der Waals surface area (Å²) in [6, 6.07) is 4.85.